The van der Waals surface area contributed by atoms with Crippen LogP contribution in [-0.4, -0.2) is 12.6 Å². The fourth-order valence-electron chi connectivity index (χ4n) is 2.22. The third-order valence-corrected chi connectivity index (χ3v) is 3.13. The van der Waals surface area contributed by atoms with Gasteiger partial charge in [-0.3, -0.25) is 0 Å². The third kappa shape index (κ3) is 3.67. The molecule has 0 bridgehead atoms. The normalized spacial score (nSPS) is 20.7. The van der Waals surface area contributed by atoms with Crippen molar-refractivity contribution in [2.75, 3.05) is 6.54 Å². The van der Waals surface area contributed by atoms with Gasteiger partial charge < -0.3 is 5.32 Å². The summed E-state index contributed by atoms with van der Waals surface area (Å²) in [5.74, 6) is 0.887. The lowest BCUT2D eigenvalue weighted by Crippen LogP contribution is -2.32. The second kappa shape index (κ2) is 6.03. The van der Waals surface area contributed by atoms with Crippen LogP contribution in [0, 0.1) is 23.2 Å². The fourth-order valence-corrected chi connectivity index (χ4v) is 2.22. The molecule has 0 aromatic carbocycles. The predicted octanol–water partition coefficient (Wildman–Crippen LogP) is 2.70. The molecule has 0 radical (unpaired) electrons. The molecule has 1 aliphatic rings. The van der Waals surface area contributed by atoms with E-state index >= 15 is 0 Å². The highest BCUT2D eigenvalue weighted by Gasteiger charge is 2.23. The summed E-state index contributed by atoms with van der Waals surface area (Å²) in [4.78, 5) is 0. The number of hydrogen-bond donors (Lipinski definition) is 1. The van der Waals surface area contributed by atoms with Crippen molar-refractivity contribution in [3.8, 4) is 6.07 Å². The van der Waals surface area contributed by atoms with E-state index in [1.165, 1.54) is 32.1 Å². The van der Waals surface area contributed by atoms with Crippen LogP contribution in [0.15, 0.2) is 0 Å². The topological polar surface area (TPSA) is 35.8 Å². The SMILES string of the molecule is CC(C)NCC(C#N)C1CCCCC1. The van der Waals surface area contributed by atoms with Gasteiger partial charge in [0.15, 0.2) is 0 Å². The minimum Gasteiger partial charge on any atom is -0.313 e. The molecule has 0 aliphatic heterocycles. The van der Waals surface area contributed by atoms with Crippen molar-refractivity contribution >= 4 is 0 Å². The molecule has 0 amide bonds. The molecule has 2 nitrogen and oxygen atoms in total. The lowest BCUT2D eigenvalue weighted by Gasteiger charge is -2.26. The smallest absolute Gasteiger partial charge is 0.0672 e. The summed E-state index contributed by atoms with van der Waals surface area (Å²) in [6, 6.07) is 2.96. The standard InChI is InChI=1S/C12H22N2/c1-10(2)14-9-12(8-13)11-6-4-3-5-7-11/h10-12,14H,3-7,9H2,1-2H3. The van der Waals surface area contributed by atoms with Crippen LogP contribution in [0.2, 0.25) is 0 Å². The number of nitriles is 1. The molecular formula is C12H22N2. The Balaban J connectivity index is 2.33. The van der Waals surface area contributed by atoms with Crippen LogP contribution in [0.3, 0.4) is 0 Å². The monoisotopic (exact) mass is 194 g/mol. The van der Waals surface area contributed by atoms with Crippen LogP contribution in [0.25, 0.3) is 0 Å². The Kier molecular flexibility index (Phi) is 4.97. The van der Waals surface area contributed by atoms with E-state index in [2.05, 4.69) is 25.2 Å². The molecule has 0 aromatic heterocycles. The lowest BCUT2D eigenvalue weighted by atomic mass is 9.80. The van der Waals surface area contributed by atoms with Crippen molar-refractivity contribution in [1.29, 1.82) is 5.26 Å². The fraction of sp³-hybridized carbons (Fsp3) is 0.917. The van der Waals surface area contributed by atoms with Gasteiger partial charge in [0.25, 0.3) is 0 Å². The molecule has 1 rings (SSSR count). The lowest BCUT2D eigenvalue weighted by molar-refractivity contribution is 0.280. The van der Waals surface area contributed by atoms with E-state index in [0.29, 0.717) is 12.0 Å². The van der Waals surface area contributed by atoms with Crippen LogP contribution >= 0.6 is 0 Å². The molecule has 0 heterocycles. The van der Waals surface area contributed by atoms with Crippen LogP contribution in [-0.2, 0) is 0 Å². The Labute approximate surface area is 87.7 Å². The average molecular weight is 194 g/mol. The highest BCUT2D eigenvalue weighted by Crippen LogP contribution is 2.29. The Hall–Kier alpha value is -0.550. The molecule has 1 atom stereocenters. The van der Waals surface area contributed by atoms with E-state index in [9.17, 15) is 0 Å². The van der Waals surface area contributed by atoms with E-state index in [4.69, 9.17) is 5.26 Å². The number of nitrogens with zero attached hydrogens (tertiary/aromatic N) is 1. The molecule has 1 N–H and O–H groups in total. The van der Waals surface area contributed by atoms with Crippen molar-refractivity contribution < 1.29 is 0 Å². The van der Waals surface area contributed by atoms with E-state index in [1.54, 1.807) is 0 Å². The van der Waals surface area contributed by atoms with Crippen molar-refractivity contribution in [2.45, 2.75) is 52.0 Å². The number of rotatable bonds is 4. The minimum absolute atomic E-state index is 0.234. The van der Waals surface area contributed by atoms with Crippen LogP contribution < -0.4 is 5.32 Å². The zero-order chi connectivity index (χ0) is 10.4. The largest absolute Gasteiger partial charge is 0.313 e. The molecule has 2 heteroatoms. The average Bonchev–Trinajstić information content (AvgIpc) is 2.20. The van der Waals surface area contributed by atoms with Crippen LogP contribution in [0.4, 0.5) is 0 Å². The van der Waals surface area contributed by atoms with Crippen LogP contribution in [0.1, 0.15) is 46.0 Å². The van der Waals surface area contributed by atoms with Crippen molar-refractivity contribution in [3.63, 3.8) is 0 Å². The molecular weight excluding hydrogens is 172 g/mol. The molecule has 1 saturated carbocycles. The van der Waals surface area contributed by atoms with E-state index < -0.39 is 0 Å². The molecule has 0 spiro atoms. The van der Waals surface area contributed by atoms with Crippen molar-refractivity contribution in [2.24, 2.45) is 11.8 Å². The minimum atomic E-state index is 0.234. The van der Waals surface area contributed by atoms with Gasteiger partial charge in [0, 0.05) is 12.6 Å². The maximum absolute atomic E-state index is 9.10. The maximum atomic E-state index is 9.10. The van der Waals surface area contributed by atoms with Gasteiger partial charge in [0.2, 0.25) is 0 Å². The second-order valence-electron chi connectivity index (χ2n) is 4.70. The van der Waals surface area contributed by atoms with Gasteiger partial charge >= 0.3 is 0 Å². The quantitative estimate of drug-likeness (QED) is 0.747. The van der Waals surface area contributed by atoms with Crippen molar-refractivity contribution in [3.05, 3.63) is 0 Å². The first-order valence-corrected chi connectivity index (χ1v) is 5.87. The van der Waals surface area contributed by atoms with Crippen LogP contribution in [0.5, 0.6) is 0 Å². The summed E-state index contributed by atoms with van der Waals surface area (Å²) >= 11 is 0. The molecule has 1 aliphatic carbocycles. The Morgan fingerprint density at radius 3 is 2.43 bits per heavy atom. The van der Waals surface area contributed by atoms with Gasteiger partial charge in [-0.25, -0.2) is 0 Å². The number of hydrogen-bond acceptors (Lipinski definition) is 2. The zero-order valence-electron chi connectivity index (χ0n) is 9.42. The third-order valence-electron chi connectivity index (χ3n) is 3.13. The second-order valence-corrected chi connectivity index (χ2v) is 4.70. The predicted molar refractivity (Wildman–Crippen MR) is 58.8 cm³/mol. The van der Waals surface area contributed by atoms with Gasteiger partial charge in [0.05, 0.1) is 12.0 Å². The van der Waals surface area contributed by atoms with E-state index in [0.717, 1.165) is 6.54 Å². The number of nitrogens with one attached hydrogen (secondary N) is 1. The first-order valence-electron chi connectivity index (χ1n) is 5.87. The van der Waals surface area contributed by atoms with Gasteiger partial charge in [-0.15, -0.1) is 0 Å². The summed E-state index contributed by atoms with van der Waals surface area (Å²) < 4.78 is 0. The zero-order valence-corrected chi connectivity index (χ0v) is 9.42. The van der Waals surface area contributed by atoms with E-state index in [1.807, 2.05) is 0 Å². The summed E-state index contributed by atoms with van der Waals surface area (Å²) in [5.41, 5.74) is 0. The molecule has 0 saturated heterocycles. The maximum Gasteiger partial charge on any atom is 0.0672 e. The Bertz CT molecular complexity index is 187. The Morgan fingerprint density at radius 1 is 1.29 bits per heavy atom. The van der Waals surface area contributed by atoms with Crippen molar-refractivity contribution in [1.82, 2.24) is 5.32 Å². The molecule has 1 fully saturated rings. The van der Waals surface area contributed by atoms with E-state index in [-0.39, 0.29) is 5.92 Å². The Morgan fingerprint density at radius 2 is 1.93 bits per heavy atom. The van der Waals surface area contributed by atoms with Gasteiger partial charge in [-0.2, -0.15) is 5.26 Å². The summed E-state index contributed by atoms with van der Waals surface area (Å²) in [6.07, 6.45) is 6.54. The highest BCUT2D eigenvalue weighted by molar-refractivity contribution is 4.91. The first-order chi connectivity index (χ1) is 6.74. The molecule has 0 aromatic rings. The summed E-state index contributed by atoms with van der Waals surface area (Å²) in [6.45, 7) is 5.14. The summed E-state index contributed by atoms with van der Waals surface area (Å²) in [7, 11) is 0. The van der Waals surface area contributed by atoms with Gasteiger partial charge in [0.1, 0.15) is 0 Å². The molecule has 14 heavy (non-hydrogen) atoms. The molecule has 1 unspecified atom stereocenters. The summed E-state index contributed by atoms with van der Waals surface area (Å²) in [5, 5.41) is 12.5. The molecule has 80 valence electrons. The highest BCUT2D eigenvalue weighted by atomic mass is 14.9. The van der Waals surface area contributed by atoms with Gasteiger partial charge in [-0.05, 0) is 18.8 Å². The first kappa shape index (κ1) is 11.5. The van der Waals surface area contributed by atoms with Gasteiger partial charge in [-0.1, -0.05) is 33.1 Å².